The number of hydrogen-bond acceptors (Lipinski definition) is 4. The van der Waals surface area contributed by atoms with E-state index in [1.54, 1.807) is 19.2 Å². The Morgan fingerprint density at radius 1 is 1.14 bits per heavy atom. The third kappa shape index (κ3) is 4.52. The number of hydrogen-bond donors (Lipinski definition) is 2. The van der Waals surface area contributed by atoms with Gasteiger partial charge in [-0.2, -0.15) is 4.31 Å². The Labute approximate surface area is 166 Å². The number of carbonyl (C=O) groups excluding carboxylic acids is 1. The number of para-hydroxylation sites is 1. The van der Waals surface area contributed by atoms with Crippen molar-refractivity contribution in [2.45, 2.75) is 11.4 Å². The highest BCUT2D eigenvalue weighted by atomic mass is 32.2. The van der Waals surface area contributed by atoms with Crippen LogP contribution in [0.1, 0.15) is 15.9 Å². The molecular weight excluding hydrogens is 378 g/mol. The van der Waals surface area contributed by atoms with Crippen molar-refractivity contribution >= 4 is 15.9 Å². The van der Waals surface area contributed by atoms with Gasteiger partial charge >= 0.3 is 0 Å². The maximum Gasteiger partial charge on any atom is 0.251 e. The number of methoxy groups -OCH3 is 1. The molecule has 8 heteroatoms. The van der Waals surface area contributed by atoms with E-state index in [-0.39, 0.29) is 10.8 Å². The van der Waals surface area contributed by atoms with Crippen molar-refractivity contribution in [1.82, 2.24) is 9.62 Å². The van der Waals surface area contributed by atoms with Crippen LogP contribution >= 0.6 is 0 Å². The van der Waals surface area contributed by atoms with Crippen LogP contribution in [0.3, 0.4) is 0 Å². The standard InChI is InChI=1S/C20H25N3O4S/c1-22-10-12-23(13-11-22)28(25,26)18-8-5-7-16(14-18)20(24)21-15-17-6-3-4-9-19(17)27-2/h3-9,14H,10-13,15H2,1-2H3,(H,21,24)/p+1. The van der Waals surface area contributed by atoms with Crippen molar-refractivity contribution in [1.29, 1.82) is 0 Å². The molecule has 1 aliphatic heterocycles. The molecule has 0 bridgehead atoms. The van der Waals surface area contributed by atoms with Crippen molar-refractivity contribution in [3.63, 3.8) is 0 Å². The Morgan fingerprint density at radius 3 is 2.57 bits per heavy atom. The topological polar surface area (TPSA) is 80.1 Å². The zero-order valence-corrected chi connectivity index (χ0v) is 17.0. The summed E-state index contributed by atoms with van der Waals surface area (Å²) in [6, 6.07) is 13.6. The summed E-state index contributed by atoms with van der Waals surface area (Å²) in [7, 11) is 0.0312. The van der Waals surface area contributed by atoms with Crippen LogP contribution in [0.4, 0.5) is 0 Å². The molecule has 1 saturated heterocycles. The lowest BCUT2D eigenvalue weighted by atomic mass is 10.2. The van der Waals surface area contributed by atoms with Crippen molar-refractivity contribution in [3.8, 4) is 5.75 Å². The fraction of sp³-hybridized carbons (Fsp3) is 0.350. The molecule has 1 heterocycles. The molecule has 1 amide bonds. The molecule has 0 unspecified atom stereocenters. The van der Waals surface area contributed by atoms with Gasteiger partial charge in [-0.05, 0) is 24.3 Å². The van der Waals surface area contributed by atoms with Gasteiger partial charge in [0, 0.05) is 17.7 Å². The fourth-order valence-electron chi connectivity index (χ4n) is 3.18. The first-order chi connectivity index (χ1) is 13.4. The number of piperazine rings is 1. The van der Waals surface area contributed by atoms with Gasteiger partial charge in [-0.15, -0.1) is 0 Å². The van der Waals surface area contributed by atoms with Gasteiger partial charge in [0.2, 0.25) is 10.0 Å². The van der Waals surface area contributed by atoms with Crippen LogP contribution in [0.25, 0.3) is 0 Å². The molecular formula is C20H26N3O4S+. The highest BCUT2D eigenvalue weighted by Crippen LogP contribution is 2.19. The van der Waals surface area contributed by atoms with E-state index in [1.165, 1.54) is 21.3 Å². The first-order valence-corrected chi connectivity index (χ1v) is 10.7. The van der Waals surface area contributed by atoms with Gasteiger partial charge < -0.3 is 15.0 Å². The molecule has 3 rings (SSSR count). The van der Waals surface area contributed by atoms with E-state index in [2.05, 4.69) is 12.4 Å². The van der Waals surface area contributed by atoms with Crippen LogP contribution in [-0.2, 0) is 16.6 Å². The average molecular weight is 405 g/mol. The van der Waals surface area contributed by atoms with Gasteiger partial charge in [-0.25, -0.2) is 8.42 Å². The number of carbonyl (C=O) groups is 1. The Kier molecular flexibility index (Phi) is 6.33. The van der Waals surface area contributed by atoms with Crippen molar-refractivity contribution in [2.75, 3.05) is 40.3 Å². The van der Waals surface area contributed by atoms with E-state index < -0.39 is 10.0 Å². The van der Waals surface area contributed by atoms with Crippen molar-refractivity contribution in [2.24, 2.45) is 0 Å². The van der Waals surface area contributed by atoms with Crippen LogP contribution in [0.15, 0.2) is 53.4 Å². The molecule has 2 aromatic carbocycles. The minimum absolute atomic E-state index is 0.150. The SMILES string of the molecule is COc1ccccc1CNC(=O)c1cccc(S(=O)(=O)N2CC[NH+](C)CC2)c1. The summed E-state index contributed by atoms with van der Waals surface area (Å²) in [5.74, 6) is 0.363. The Bertz CT molecular complexity index is 938. The fourth-order valence-corrected chi connectivity index (χ4v) is 4.67. The normalized spacial score (nSPS) is 15.9. The summed E-state index contributed by atoms with van der Waals surface area (Å²) >= 11 is 0. The second-order valence-electron chi connectivity index (χ2n) is 6.88. The molecule has 2 aromatic rings. The molecule has 150 valence electrons. The summed E-state index contributed by atoms with van der Waals surface area (Å²) in [6.07, 6.45) is 0. The van der Waals surface area contributed by atoms with E-state index in [1.807, 2.05) is 24.3 Å². The summed E-state index contributed by atoms with van der Waals surface area (Å²) in [6.45, 7) is 2.81. The third-order valence-electron chi connectivity index (χ3n) is 4.94. The number of quaternary nitrogens is 1. The number of ether oxygens (including phenoxy) is 1. The zero-order chi connectivity index (χ0) is 20.1. The van der Waals surface area contributed by atoms with E-state index >= 15 is 0 Å². The van der Waals surface area contributed by atoms with Gasteiger partial charge in [0.25, 0.3) is 5.91 Å². The highest BCUT2D eigenvalue weighted by molar-refractivity contribution is 7.89. The maximum absolute atomic E-state index is 12.9. The molecule has 0 radical (unpaired) electrons. The van der Waals surface area contributed by atoms with Crippen LogP contribution < -0.4 is 15.0 Å². The number of rotatable bonds is 6. The second-order valence-corrected chi connectivity index (χ2v) is 8.82. The van der Waals surface area contributed by atoms with E-state index in [0.717, 1.165) is 18.7 Å². The molecule has 0 spiro atoms. The number of likely N-dealkylation sites (N-methyl/N-ethyl adjacent to an activating group) is 1. The Morgan fingerprint density at radius 2 is 1.86 bits per heavy atom. The predicted molar refractivity (Wildman–Crippen MR) is 106 cm³/mol. The highest BCUT2D eigenvalue weighted by Gasteiger charge is 2.29. The van der Waals surface area contributed by atoms with Crippen LogP contribution in [0, 0.1) is 0 Å². The molecule has 2 N–H and O–H groups in total. The lowest BCUT2D eigenvalue weighted by Gasteiger charge is -2.29. The lowest BCUT2D eigenvalue weighted by molar-refractivity contribution is -0.883. The van der Waals surface area contributed by atoms with E-state index in [9.17, 15) is 13.2 Å². The summed E-state index contributed by atoms with van der Waals surface area (Å²) in [5, 5.41) is 2.82. The zero-order valence-electron chi connectivity index (χ0n) is 16.1. The second kappa shape index (κ2) is 8.72. The molecule has 0 atom stereocenters. The quantitative estimate of drug-likeness (QED) is 0.718. The van der Waals surface area contributed by atoms with E-state index in [0.29, 0.717) is 30.9 Å². The summed E-state index contributed by atoms with van der Waals surface area (Å²) < 4.78 is 32.6. The summed E-state index contributed by atoms with van der Waals surface area (Å²) in [5.41, 5.74) is 1.16. The molecule has 7 nitrogen and oxygen atoms in total. The number of nitrogens with zero attached hydrogens (tertiary/aromatic N) is 1. The van der Waals surface area contributed by atoms with Crippen molar-refractivity contribution < 1.29 is 22.8 Å². The van der Waals surface area contributed by atoms with Crippen LogP contribution in [0.2, 0.25) is 0 Å². The number of amides is 1. The van der Waals surface area contributed by atoms with Crippen LogP contribution in [0.5, 0.6) is 5.75 Å². The Balaban J connectivity index is 1.72. The number of sulfonamides is 1. The van der Waals surface area contributed by atoms with Gasteiger partial charge in [0.15, 0.2) is 0 Å². The lowest BCUT2D eigenvalue weighted by Crippen LogP contribution is -3.12. The molecule has 0 aromatic heterocycles. The molecule has 1 fully saturated rings. The third-order valence-corrected chi connectivity index (χ3v) is 6.84. The van der Waals surface area contributed by atoms with Gasteiger partial charge in [-0.3, -0.25) is 4.79 Å². The molecule has 0 aliphatic carbocycles. The number of nitrogens with one attached hydrogen (secondary N) is 2. The smallest absolute Gasteiger partial charge is 0.251 e. The Hall–Kier alpha value is -2.42. The van der Waals surface area contributed by atoms with Gasteiger partial charge in [0.1, 0.15) is 5.75 Å². The monoisotopic (exact) mass is 404 g/mol. The minimum atomic E-state index is -3.60. The minimum Gasteiger partial charge on any atom is -0.496 e. The first-order valence-electron chi connectivity index (χ1n) is 9.23. The average Bonchev–Trinajstić information content (AvgIpc) is 2.72. The summed E-state index contributed by atoms with van der Waals surface area (Å²) in [4.78, 5) is 14.0. The number of benzene rings is 2. The van der Waals surface area contributed by atoms with Gasteiger partial charge in [-0.1, -0.05) is 24.3 Å². The predicted octanol–water partition coefficient (Wildman–Crippen LogP) is 0.144. The maximum atomic E-state index is 12.9. The molecule has 1 aliphatic rings. The largest absolute Gasteiger partial charge is 0.496 e. The van der Waals surface area contributed by atoms with E-state index in [4.69, 9.17) is 4.74 Å². The van der Waals surface area contributed by atoms with Crippen LogP contribution in [-0.4, -0.2) is 59.0 Å². The first kappa shape index (κ1) is 20.3. The molecule has 28 heavy (non-hydrogen) atoms. The van der Waals surface area contributed by atoms with Gasteiger partial charge in [0.05, 0.1) is 45.2 Å². The molecule has 0 saturated carbocycles. The van der Waals surface area contributed by atoms with Crippen molar-refractivity contribution in [3.05, 3.63) is 59.7 Å².